The van der Waals surface area contributed by atoms with E-state index in [1.165, 1.54) is 0 Å². The van der Waals surface area contributed by atoms with Gasteiger partial charge in [0.1, 0.15) is 5.82 Å². The molecule has 5 N–H and O–H groups in total. The third-order valence-corrected chi connectivity index (χ3v) is 3.42. The van der Waals surface area contributed by atoms with E-state index in [1.807, 2.05) is 19.9 Å². The smallest absolute Gasteiger partial charge is 0.252 e. The zero-order chi connectivity index (χ0) is 15.1. The van der Waals surface area contributed by atoms with Gasteiger partial charge in [-0.1, -0.05) is 13.3 Å². The van der Waals surface area contributed by atoms with Crippen molar-refractivity contribution < 1.29 is 4.79 Å². The van der Waals surface area contributed by atoms with Crippen LogP contribution in [0.25, 0.3) is 0 Å². The average molecular weight is 278 g/mol. The molecule has 1 heterocycles. The summed E-state index contributed by atoms with van der Waals surface area (Å²) < 4.78 is 0. The topological polar surface area (TPSA) is 94.0 Å². The van der Waals surface area contributed by atoms with Crippen LogP contribution in [-0.2, 0) is 0 Å². The van der Waals surface area contributed by atoms with E-state index in [1.54, 1.807) is 0 Å². The Morgan fingerprint density at radius 2 is 2.10 bits per heavy atom. The number of carbonyl (C=O) groups excluding carboxylic acids is 1. The van der Waals surface area contributed by atoms with Crippen LogP contribution in [0.1, 0.15) is 47.8 Å². The number of anilines is 1. The van der Waals surface area contributed by atoms with Gasteiger partial charge in [-0.05, 0) is 50.8 Å². The zero-order valence-electron chi connectivity index (χ0n) is 12.7. The van der Waals surface area contributed by atoms with Crippen molar-refractivity contribution in [3.05, 3.63) is 22.9 Å². The van der Waals surface area contributed by atoms with Crippen molar-refractivity contribution in [3.63, 3.8) is 0 Å². The van der Waals surface area contributed by atoms with Crippen molar-refractivity contribution >= 4 is 11.7 Å². The summed E-state index contributed by atoms with van der Waals surface area (Å²) in [6, 6.07) is 1.87. The lowest BCUT2D eigenvalue weighted by atomic mass is 9.99. The molecule has 1 rings (SSSR count). The second-order valence-electron chi connectivity index (χ2n) is 5.28. The highest BCUT2D eigenvalue weighted by molar-refractivity contribution is 5.99. The Hall–Kier alpha value is -1.62. The molecule has 0 bridgehead atoms. The number of pyridine rings is 1. The standard InChI is InChI=1S/C15H26N4O/c1-4-5-12(6-7-16)9-18-15-13(14(17)20)10(2)8-11(3)19-15/h8,12H,4-7,9,16H2,1-3H3,(H2,17,20)(H,18,19). The number of amides is 1. The maximum atomic E-state index is 11.6. The highest BCUT2D eigenvalue weighted by Gasteiger charge is 2.15. The summed E-state index contributed by atoms with van der Waals surface area (Å²) >= 11 is 0. The van der Waals surface area contributed by atoms with Gasteiger partial charge in [0.2, 0.25) is 0 Å². The molecule has 1 amide bonds. The van der Waals surface area contributed by atoms with Gasteiger partial charge in [-0.25, -0.2) is 4.98 Å². The molecule has 0 saturated carbocycles. The quantitative estimate of drug-likeness (QED) is 0.677. The van der Waals surface area contributed by atoms with Crippen molar-refractivity contribution in [2.75, 3.05) is 18.4 Å². The second-order valence-corrected chi connectivity index (χ2v) is 5.28. The number of carbonyl (C=O) groups is 1. The second kappa shape index (κ2) is 7.85. The fourth-order valence-corrected chi connectivity index (χ4v) is 2.51. The summed E-state index contributed by atoms with van der Waals surface area (Å²) in [5, 5.41) is 3.28. The summed E-state index contributed by atoms with van der Waals surface area (Å²) in [5.74, 6) is 0.643. The van der Waals surface area contributed by atoms with Crippen LogP contribution >= 0.6 is 0 Å². The Morgan fingerprint density at radius 3 is 2.65 bits per heavy atom. The summed E-state index contributed by atoms with van der Waals surface area (Å²) in [7, 11) is 0. The lowest BCUT2D eigenvalue weighted by molar-refractivity contribution is 0.1000. The van der Waals surface area contributed by atoms with Crippen LogP contribution in [0.2, 0.25) is 0 Å². The summed E-state index contributed by atoms with van der Waals surface area (Å²) in [4.78, 5) is 16.0. The molecule has 0 spiro atoms. The van der Waals surface area contributed by atoms with E-state index < -0.39 is 5.91 Å². The van der Waals surface area contributed by atoms with Crippen LogP contribution in [0.4, 0.5) is 5.82 Å². The van der Waals surface area contributed by atoms with Gasteiger partial charge in [-0.15, -0.1) is 0 Å². The number of nitrogens with zero attached hydrogens (tertiary/aromatic N) is 1. The van der Waals surface area contributed by atoms with Gasteiger partial charge in [0.15, 0.2) is 0 Å². The molecule has 0 aromatic carbocycles. The van der Waals surface area contributed by atoms with Crippen molar-refractivity contribution in [2.24, 2.45) is 17.4 Å². The Kier molecular flexibility index (Phi) is 6.45. The number of nitrogens with two attached hydrogens (primary N) is 2. The largest absolute Gasteiger partial charge is 0.369 e. The minimum atomic E-state index is -0.441. The molecule has 112 valence electrons. The first kappa shape index (κ1) is 16.4. The third kappa shape index (κ3) is 4.49. The molecule has 0 saturated heterocycles. The van der Waals surface area contributed by atoms with Gasteiger partial charge in [-0.2, -0.15) is 0 Å². The van der Waals surface area contributed by atoms with Crippen molar-refractivity contribution in [3.8, 4) is 0 Å². The number of hydrogen-bond acceptors (Lipinski definition) is 4. The number of aromatic nitrogens is 1. The Balaban J connectivity index is 2.87. The third-order valence-electron chi connectivity index (χ3n) is 3.42. The molecular formula is C15H26N4O. The van der Waals surface area contributed by atoms with Crippen LogP contribution in [0.15, 0.2) is 6.07 Å². The fourth-order valence-electron chi connectivity index (χ4n) is 2.51. The molecule has 1 aromatic rings. The first-order valence-electron chi connectivity index (χ1n) is 7.21. The van der Waals surface area contributed by atoms with Gasteiger partial charge in [0, 0.05) is 12.2 Å². The average Bonchev–Trinajstić information content (AvgIpc) is 2.35. The first-order chi connectivity index (χ1) is 9.49. The van der Waals surface area contributed by atoms with Crippen LogP contribution < -0.4 is 16.8 Å². The summed E-state index contributed by atoms with van der Waals surface area (Å²) in [6.45, 7) is 7.39. The first-order valence-corrected chi connectivity index (χ1v) is 7.21. The Morgan fingerprint density at radius 1 is 1.40 bits per heavy atom. The molecule has 1 unspecified atom stereocenters. The SMILES string of the molecule is CCCC(CCN)CNc1nc(C)cc(C)c1C(N)=O. The maximum absolute atomic E-state index is 11.6. The van der Waals surface area contributed by atoms with Gasteiger partial charge in [-0.3, -0.25) is 4.79 Å². The molecule has 0 aliphatic heterocycles. The Labute approximate surface area is 121 Å². The number of aryl methyl sites for hydroxylation is 2. The maximum Gasteiger partial charge on any atom is 0.252 e. The highest BCUT2D eigenvalue weighted by Crippen LogP contribution is 2.19. The predicted octanol–water partition coefficient (Wildman–Crippen LogP) is 1.97. The van der Waals surface area contributed by atoms with Gasteiger partial charge >= 0.3 is 0 Å². The lowest BCUT2D eigenvalue weighted by Crippen LogP contribution is -2.22. The van der Waals surface area contributed by atoms with Crippen molar-refractivity contribution in [1.29, 1.82) is 0 Å². The zero-order valence-corrected chi connectivity index (χ0v) is 12.7. The van der Waals surface area contributed by atoms with E-state index >= 15 is 0 Å². The van der Waals surface area contributed by atoms with E-state index in [0.29, 0.717) is 23.8 Å². The molecule has 5 heteroatoms. The number of hydrogen-bond donors (Lipinski definition) is 3. The molecule has 0 fully saturated rings. The van der Waals surface area contributed by atoms with E-state index in [-0.39, 0.29) is 0 Å². The molecule has 1 aromatic heterocycles. The molecule has 1 atom stereocenters. The van der Waals surface area contributed by atoms with Gasteiger partial charge in [0.05, 0.1) is 5.56 Å². The lowest BCUT2D eigenvalue weighted by Gasteiger charge is -2.18. The summed E-state index contributed by atoms with van der Waals surface area (Å²) in [6.07, 6.45) is 3.20. The van der Waals surface area contributed by atoms with Crippen LogP contribution in [0, 0.1) is 19.8 Å². The Bertz CT molecular complexity index is 453. The van der Waals surface area contributed by atoms with Crippen LogP contribution in [-0.4, -0.2) is 24.0 Å². The normalized spacial score (nSPS) is 12.2. The molecule has 0 aliphatic carbocycles. The van der Waals surface area contributed by atoms with E-state index in [9.17, 15) is 4.79 Å². The molecule has 5 nitrogen and oxygen atoms in total. The number of primary amides is 1. The fraction of sp³-hybridized carbons (Fsp3) is 0.600. The van der Waals surface area contributed by atoms with Gasteiger partial charge in [0.25, 0.3) is 5.91 Å². The summed E-state index contributed by atoms with van der Waals surface area (Å²) in [5.41, 5.74) is 13.3. The molecule has 0 radical (unpaired) electrons. The number of nitrogens with one attached hydrogen (secondary N) is 1. The molecular weight excluding hydrogens is 252 g/mol. The highest BCUT2D eigenvalue weighted by atomic mass is 16.1. The van der Waals surface area contributed by atoms with E-state index in [4.69, 9.17) is 11.5 Å². The van der Waals surface area contributed by atoms with E-state index in [2.05, 4.69) is 17.2 Å². The molecule has 20 heavy (non-hydrogen) atoms. The van der Waals surface area contributed by atoms with Crippen LogP contribution in [0.3, 0.4) is 0 Å². The van der Waals surface area contributed by atoms with Crippen molar-refractivity contribution in [2.45, 2.75) is 40.0 Å². The van der Waals surface area contributed by atoms with Crippen LogP contribution in [0.5, 0.6) is 0 Å². The predicted molar refractivity (Wildman–Crippen MR) is 82.8 cm³/mol. The minimum Gasteiger partial charge on any atom is -0.369 e. The molecule has 0 aliphatic rings. The van der Waals surface area contributed by atoms with E-state index in [0.717, 1.165) is 37.1 Å². The monoisotopic (exact) mass is 278 g/mol. The van der Waals surface area contributed by atoms with Crippen molar-refractivity contribution in [1.82, 2.24) is 4.98 Å². The minimum absolute atomic E-state index is 0.441. The number of rotatable bonds is 8. The van der Waals surface area contributed by atoms with Gasteiger partial charge < -0.3 is 16.8 Å².